The number of benzene rings is 1. The van der Waals surface area contributed by atoms with Crippen LogP contribution in [0.5, 0.6) is 0 Å². The van der Waals surface area contributed by atoms with Crippen molar-refractivity contribution >= 4 is 17.4 Å². The van der Waals surface area contributed by atoms with Gasteiger partial charge in [0, 0.05) is 17.0 Å². The van der Waals surface area contributed by atoms with E-state index in [2.05, 4.69) is 13.8 Å². The van der Waals surface area contributed by atoms with Gasteiger partial charge in [-0.1, -0.05) is 51.1 Å². The molecule has 0 aliphatic heterocycles. The Balaban J connectivity index is 2.35. The summed E-state index contributed by atoms with van der Waals surface area (Å²) in [6.45, 7) is 4.46. The van der Waals surface area contributed by atoms with E-state index in [4.69, 9.17) is 11.6 Å². The molecule has 1 atom stereocenters. The van der Waals surface area contributed by atoms with Crippen LogP contribution in [0.1, 0.15) is 62.7 Å². The lowest BCUT2D eigenvalue weighted by Gasteiger charge is -2.12. The van der Waals surface area contributed by atoms with Crippen molar-refractivity contribution in [1.29, 1.82) is 0 Å². The molecule has 0 aliphatic rings. The minimum Gasteiger partial charge on any atom is -0.294 e. The maximum absolute atomic E-state index is 11.9. The summed E-state index contributed by atoms with van der Waals surface area (Å²) in [7, 11) is 0. The van der Waals surface area contributed by atoms with Crippen molar-refractivity contribution in [3.05, 3.63) is 34.9 Å². The van der Waals surface area contributed by atoms with E-state index in [0.29, 0.717) is 11.4 Å². The van der Waals surface area contributed by atoms with Gasteiger partial charge in [-0.2, -0.15) is 0 Å². The van der Waals surface area contributed by atoms with E-state index in [0.717, 1.165) is 17.9 Å². The molecule has 1 aromatic rings. The number of halogens is 1. The van der Waals surface area contributed by atoms with Crippen LogP contribution in [-0.4, -0.2) is 5.78 Å². The lowest BCUT2D eigenvalue weighted by molar-refractivity contribution is 0.0977. The average molecular weight is 267 g/mol. The van der Waals surface area contributed by atoms with Gasteiger partial charge < -0.3 is 0 Å². The third-order valence-corrected chi connectivity index (χ3v) is 3.71. The quantitative estimate of drug-likeness (QED) is 0.566. The van der Waals surface area contributed by atoms with E-state index in [1.165, 1.54) is 25.7 Å². The summed E-state index contributed by atoms with van der Waals surface area (Å²) in [5, 5.41) is 0.681. The van der Waals surface area contributed by atoms with Gasteiger partial charge in [0.15, 0.2) is 5.78 Å². The summed E-state index contributed by atoms with van der Waals surface area (Å²) < 4.78 is 0. The molecule has 2 heteroatoms. The lowest BCUT2D eigenvalue weighted by Crippen LogP contribution is -2.02. The minimum atomic E-state index is 0.234. The van der Waals surface area contributed by atoms with E-state index in [9.17, 15) is 4.79 Å². The fraction of sp³-hybridized carbons (Fsp3) is 0.562. The molecule has 0 saturated heterocycles. The molecule has 0 radical (unpaired) electrons. The molecule has 0 aliphatic carbocycles. The fourth-order valence-corrected chi connectivity index (χ4v) is 2.42. The van der Waals surface area contributed by atoms with Gasteiger partial charge in [-0.15, -0.1) is 0 Å². The van der Waals surface area contributed by atoms with E-state index in [1.807, 2.05) is 12.1 Å². The molecular weight excluding hydrogens is 244 g/mol. The Kier molecular flexibility index (Phi) is 7.04. The molecule has 1 aromatic carbocycles. The Morgan fingerprint density at radius 2 is 1.83 bits per heavy atom. The second-order valence-corrected chi connectivity index (χ2v) is 5.32. The summed E-state index contributed by atoms with van der Waals surface area (Å²) in [6.07, 6.45) is 6.57. The number of Topliss-reactive ketones (excluding diaryl/α,β-unsaturated/α-hetero) is 1. The van der Waals surface area contributed by atoms with E-state index >= 15 is 0 Å². The first-order valence-corrected chi connectivity index (χ1v) is 7.33. The second kappa shape index (κ2) is 8.31. The predicted molar refractivity (Wildman–Crippen MR) is 78.3 cm³/mol. The predicted octanol–water partition coefficient (Wildman–Crippen LogP) is 5.52. The number of carbonyl (C=O) groups is 1. The van der Waals surface area contributed by atoms with Crippen LogP contribution in [0.4, 0.5) is 0 Å². The van der Waals surface area contributed by atoms with Crippen molar-refractivity contribution in [2.45, 2.75) is 52.4 Å². The summed E-state index contributed by atoms with van der Waals surface area (Å²) in [4.78, 5) is 11.9. The number of hydrogen-bond donors (Lipinski definition) is 0. The Morgan fingerprint density at radius 1 is 1.17 bits per heavy atom. The van der Waals surface area contributed by atoms with Crippen LogP contribution in [0.2, 0.25) is 5.02 Å². The normalized spacial score (nSPS) is 12.4. The monoisotopic (exact) mass is 266 g/mol. The Morgan fingerprint density at radius 3 is 2.39 bits per heavy atom. The van der Waals surface area contributed by atoms with Gasteiger partial charge in [0.25, 0.3) is 0 Å². The lowest BCUT2D eigenvalue weighted by atomic mass is 9.93. The highest BCUT2D eigenvalue weighted by atomic mass is 35.5. The van der Waals surface area contributed by atoms with E-state index in [1.54, 1.807) is 12.1 Å². The summed E-state index contributed by atoms with van der Waals surface area (Å²) in [5.41, 5.74) is 0.780. The van der Waals surface area contributed by atoms with Gasteiger partial charge in [0.05, 0.1) is 0 Å². The summed E-state index contributed by atoms with van der Waals surface area (Å²) >= 11 is 5.80. The van der Waals surface area contributed by atoms with Crippen molar-refractivity contribution in [2.24, 2.45) is 5.92 Å². The van der Waals surface area contributed by atoms with Crippen LogP contribution in [-0.2, 0) is 0 Å². The van der Waals surface area contributed by atoms with Crippen LogP contribution >= 0.6 is 11.6 Å². The standard InChI is InChI=1S/C16H23ClO/c1-3-6-13(4-2)7-5-8-16(18)14-9-11-15(17)12-10-14/h9-13H,3-8H2,1-2H3. The number of rotatable bonds is 8. The molecule has 0 N–H and O–H groups in total. The van der Waals surface area contributed by atoms with Crippen LogP contribution in [0.3, 0.4) is 0 Å². The first-order valence-electron chi connectivity index (χ1n) is 6.96. The Bertz CT molecular complexity index is 356. The molecule has 0 amide bonds. The van der Waals surface area contributed by atoms with Gasteiger partial charge in [0.1, 0.15) is 0 Å². The molecule has 100 valence electrons. The van der Waals surface area contributed by atoms with Gasteiger partial charge in [0.2, 0.25) is 0 Å². The second-order valence-electron chi connectivity index (χ2n) is 4.89. The first-order chi connectivity index (χ1) is 8.67. The van der Waals surface area contributed by atoms with Gasteiger partial charge in [-0.05, 0) is 36.6 Å². The number of carbonyl (C=O) groups excluding carboxylic acids is 1. The van der Waals surface area contributed by atoms with Crippen molar-refractivity contribution in [3.8, 4) is 0 Å². The highest BCUT2D eigenvalue weighted by Gasteiger charge is 2.08. The Labute approximate surface area is 116 Å². The van der Waals surface area contributed by atoms with E-state index < -0.39 is 0 Å². The zero-order chi connectivity index (χ0) is 13.4. The minimum absolute atomic E-state index is 0.234. The summed E-state index contributed by atoms with van der Waals surface area (Å²) in [6, 6.07) is 7.18. The van der Waals surface area contributed by atoms with Crippen LogP contribution in [0.25, 0.3) is 0 Å². The molecule has 1 rings (SSSR count). The van der Waals surface area contributed by atoms with Crippen molar-refractivity contribution < 1.29 is 4.79 Å². The van der Waals surface area contributed by atoms with Crippen molar-refractivity contribution in [2.75, 3.05) is 0 Å². The highest BCUT2D eigenvalue weighted by molar-refractivity contribution is 6.30. The fourth-order valence-electron chi connectivity index (χ4n) is 2.29. The van der Waals surface area contributed by atoms with Crippen molar-refractivity contribution in [1.82, 2.24) is 0 Å². The molecule has 0 aromatic heterocycles. The zero-order valence-corrected chi connectivity index (χ0v) is 12.2. The largest absolute Gasteiger partial charge is 0.294 e. The third-order valence-electron chi connectivity index (χ3n) is 3.46. The molecule has 0 spiro atoms. The Hall–Kier alpha value is -0.820. The SMILES string of the molecule is CCCC(CC)CCCC(=O)c1ccc(Cl)cc1. The highest BCUT2D eigenvalue weighted by Crippen LogP contribution is 2.19. The van der Waals surface area contributed by atoms with Crippen LogP contribution < -0.4 is 0 Å². The smallest absolute Gasteiger partial charge is 0.162 e. The average Bonchev–Trinajstić information content (AvgIpc) is 2.38. The van der Waals surface area contributed by atoms with Gasteiger partial charge in [-0.25, -0.2) is 0 Å². The van der Waals surface area contributed by atoms with Gasteiger partial charge in [-0.3, -0.25) is 4.79 Å². The maximum Gasteiger partial charge on any atom is 0.162 e. The maximum atomic E-state index is 11.9. The van der Waals surface area contributed by atoms with Crippen LogP contribution in [0.15, 0.2) is 24.3 Å². The van der Waals surface area contributed by atoms with E-state index in [-0.39, 0.29) is 5.78 Å². The first kappa shape index (κ1) is 15.2. The molecule has 0 heterocycles. The zero-order valence-electron chi connectivity index (χ0n) is 11.4. The van der Waals surface area contributed by atoms with Crippen LogP contribution in [0, 0.1) is 5.92 Å². The molecular formula is C16H23ClO. The molecule has 1 nitrogen and oxygen atoms in total. The number of ketones is 1. The molecule has 1 unspecified atom stereocenters. The molecule has 18 heavy (non-hydrogen) atoms. The summed E-state index contributed by atoms with van der Waals surface area (Å²) in [5.74, 6) is 1.02. The molecule has 0 bridgehead atoms. The van der Waals surface area contributed by atoms with Crippen molar-refractivity contribution in [3.63, 3.8) is 0 Å². The third kappa shape index (κ3) is 5.22. The molecule has 0 fully saturated rings. The number of hydrogen-bond acceptors (Lipinski definition) is 1. The topological polar surface area (TPSA) is 17.1 Å². The molecule has 0 saturated carbocycles. The van der Waals surface area contributed by atoms with Gasteiger partial charge >= 0.3 is 0 Å².